The minimum Gasteiger partial charge on any atom is -0.478 e. The molecule has 2 aliphatic rings. The molecule has 0 aromatic heterocycles. The zero-order chi connectivity index (χ0) is 19.2. The summed E-state index contributed by atoms with van der Waals surface area (Å²) >= 11 is 0. The van der Waals surface area contributed by atoms with Crippen LogP contribution in [0.5, 0.6) is 0 Å². The fraction of sp³-hybridized carbons (Fsp3) is 0.727. The lowest BCUT2D eigenvalue weighted by molar-refractivity contribution is -0.133. The van der Waals surface area contributed by atoms with Gasteiger partial charge in [0.1, 0.15) is 0 Å². The molecule has 0 heterocycles. The van der Waals surface area contributed by atoms with Crippen LogP contribution in [0.2, 0.25) is 0 Å². The summed E-state index contributed by atoms with van der Waals surface area (Å²) < 4.78 is 0. The van der Waals surface area contributed by atoms with Crippen LogP contribution in [0.4, 0.5) is 0 Å². The summed E-state index contributed by atoms with van der Waals surface area (Å²) in [7, 11) is 0. The number of Topliss-reactive ketones (excluding diaryl/α,β-unsaturated/α-hetero) is 1. The Morgan fingerprint density at radius 1 is 1.12 bits per heavy atom. The second-order valence-electron chi connectivity index (χ2n) is 10.2. The predicted octanol–water partition coefficient (Wildman–Crippen LogP) is 5.56. The van der Waals surface area contributed by atoms with E-state index in [1.54, 1.807) is 0 Å². The molecule has 0 fully saturated rings. The van der Waals surface area contributed by atoms with E-state index in [4.69, 9.17) is 0 Å². The van der Waals surface area contributed by atoms with Crippen LogP contribution in [0.15, 0.2) is 22.8 Å². The molecule has 0 spiro atoms. The summed E-state index contributed by atoms with van der Waals surface area (Å²) in [6.45, 7) is 14.7. The minimum absolute atomic E-state index is 0.0822. The van der Waals surface area contributed by atoms with Crippen molar-refractivity contribution in [3.8, 4) is 0 Å². The van der Waals surface area contributed by atoms with E-state index >= 15 is 0 Å². The molecule has 0 saturated carbocycles. The molecule has 0 aliphatic heterocycles. The first-order valence-electron chi connectivity index (χ1n) is 9.51. The molecule has 2 rings (SSSR count). The smallest absolute Gasteiger partial charge is 0.331 e. The monoisotopic (exact) mass is 346 g/mol. The average Bonchev–Trinajstić information content (AvgIpc) is 2.47. The maximum absolute atomic E-state index is 13.2. The van der Waals surface area contributed by atoms with Crippen LogP contribution in [0.1, 0.15) is 80.6 Å². The van der Waals surface area contributed by atoms with Gasteiger partial charge in [-0.15, -0.1) is 0 Å². The Kier molecular flexibility index (Phi) is 5.11. The maximum Gasteiger partial charge on any atom is 0.331 e. The van der Waals surface area contributed by atoms with Crippen LogP contribution in [-0.4, -0.2) is 16.9 Å². The van der Waals surface area contributed by atoms with Gasteiger partial charge < -0.3 is 5.11 Å². The summed E-state index contributed by atoms with van der Waals surface area (Å²) in [4.78, 5) is 25.0. The Labute approximate surface area is 152 Å². The van der Waals surface area contributed by atoms with Crippen molar-refractivity contribution in [2.75, 3.05) is 0 Å². The molecule has 25 heavy (non-hydrogen) atoms. The minimum atomic E-state index is -0.786. The normalized spacial score (nSPS) is 28.8. The molecule has 0 aromatic carbocycles. The first-order valence-corrected chi connectivity index (χ1v) is 9.51. The van der Waals surface area contributed by atoms with Crippen LogP contribution in [0, 0.1) is 22.2 Å². The summed E-state index contributed by atoms with van der Waals surface area (Å²) in [5, 5.41) is 9.71. The number of carboxylic acid groups (broad SMARTS) is 1. The number of hydrogen-bond acceptors (Lipinski definition) is 2. The molecule has 0 aromatic rings. The van der Waals surface area contributed by atoms with Crippen molar-refractivity contribution < 1.29 is 14.7 Å². The van der Waals surface area contributed by atoms with Gasteiger partial charge in [0.05, 0.1) is 0 Å². The molecule has 0 radical (unpaired) electrons. The summed E-state index contributed by atoms with van der Waals surface area (Å²) in [5.41, 5.74) is 1.78. The maximum atomic E-state index is 13.2. The van der Waals surface area contributed by atoms with Gasteiger partial charge in [0.15, 0.2) is 5.78 Å². The Hall–Kier alpha value is -1.38. The fourth-order valence-corrected chi connectivity index (χ4v) is 4.42. The number of carbonyl (C=O) groups is 2. The first-order chi connectivity index (χ1) is 11.3. The highest BCUT2D eigenvalue weighted by Crippen LogP contribution is 2.52. The van der Waals surface area contributed by atoms with Gasteiger partial charge in [-0.3, -0.25) is 4.79 Å². The second-order valence-corrected chi connectivity index (χ2v) is 10.2. The van der Waals surface area contributed by atoms with Crippen LogP contribution < -0.4 is 0 Å². The highest BCUT2D eigenvalue weighted by atomic mass is 16.4. The van der Waals surface area contributed by atoms with Crippen molar-refractivity contribution in [3.05, 3.63) is 22.8 Å². The number of allylic oxidation sites excluding steroid dienone is 3. The van der Waals surface area contributed by atoms with Crippen molar-refractivity contribution >= 4 is 11.8 Å². The van der Waals surface area contributed by atoms with E-state index in [0.717, 1.165) is 30.4 Å². The molecule has 3 nitrogen and oxygen atoms in total. The summed E-state index contributed by atoms with van der Waals surface area (Å²) in [6, 6.07) is 0. The lowest BCUT2D eigenvalue weighted by atomic mass is 9.57. The van der Waals surface area contributed by atoms with Gasteiger partial charge in [0.25, 0.3) is 0 Å². The molecule has 140 valence electrons. The average molecular weight is 347 g/mol. The number of rotatable bonds is 2. The van der Waals surface area contributed by atoms with Crippen molar-refractivity contribution in [1.82, 2.24) is 0 Å². The van der Waals surface area contributed by atoms with Gasteiger partial charge in [-0.05, 0) is 48.5 Å². The van der Waals surface area contributed by atoms with E-state index in [0.29, 0.717) is 18.4 Å². The Balaban J connectivity index is 2.67. The topological polar surface area (TPSA) is 54.4 Å². The first kappa shape index (κ1) is 19.9. The van der Waals surface area contributed by atoms with Gasteiger partial charge >= 0.3 is 5.97 Å². The largest absolute Gasteiger partial charge is 0.478 e. The van der Waals surface area contributed by atoms with Gasteiger partial charge in [0.2, 0.25) is 0 Å². The van der Waals surface area contributed by atoms with Crippen LogP contribution >= 0.6 is 0 Å². The molecule has 2 aliphatic carbocycles. The quantitative estimate of drug-likeness (QED) is 0.712. The Morgan fingerprint density at radius 2 is 1.68 bits per heavy atom. The lowest BCUT2D eigenvalue weighted by Gasteiger charge is -2.46. The van der Waals surface area contributed by atoms with E-state index in [9.17, 15) is 14.7 Å². The molecule has 0 bridgehead atoms. The molecule has 2 unspecified atom stereocenters. The molecule has 2 atom stereocenters. The van der Waals surface area contributed by atoms with Crippen molar-refractivity contribution in [1.29, 1.82) is 0 Å². The standard InChI is InChI=1S/C22H34O3/c1-20(2,3)16-12-22(7,13-17(18(16)23)21(4,5)6)15-11-9-8-10-14(15)19(24)25/h12,17H,8-11,13H2,1-7H3,(H,24,25). The SMILES string of the molecule is CC(C)(C)C1=CC(C)(C2=C(C(=O)O)CCCC2)CC(C(C)(C)C)C1=O. The van der Waals surface area contributed by atoms with E-state index in [2.05, 4.69) is 54.5 Å². The predicted molar refractivity (Wildman–Crippen MR) is 101 cm³/mol. The summed E-state index contributed by atoms with van der Waals surface area (Å²) in [5.74, 6) is -0.627. The van der Waals surface area contributed by atoms with Gasteiger partial charge in [-0.2, -0.15) is 0 Å². The van der Waals surface area contributed by atoms with Crippen molar-refractivity contribution in [2.24, 2.45) is 22.2 Å². The zero-order valence-corrected chi connectivity index (χ0v) is 17.0. The molecular formula is C22H34O3. The van der Waals surface area contributed by atoms with Gasteiger partial charge in [0, 0.05) is 16.9 Å². The van der Waals surface area contributed by atoms with Crippen LogP contribution in [0.25, 0.3) is 0 Å². The number of carboxylic acids is 1. The zero-order valence-electron chi connectivity index (χ0n) is 17.0. The highest BCUT2D eigenvalue weighted by Gasteiger charge is 2.47. The van der Waals surface area contributed by atoms with E-state index < -0.39 is 5.97 Å². The van der Waals surface area contributed by atoms with Gasteiger partial charge in [-0.25, -0.2) is 4.79 Å². The molecule has 3 heteroatoms. The Bertz CT molecular complexity index is 637. The number of carbonyl (C=O) groups excluding carboxylic acids is 1. The summed E-state index contributed by atoms with van der Waals surface area (Å²) in [6.07, 6.45) is 6.28. The van der Waals surface area contributed by atoms with Crippen molar-refractivity contribution in [2.45, 2.75) is 80.6 Å². The third-order valence-corrected chi connectivity index (χ3v) is 5.94. The van der Waals surface area contributed by atoms with Crippen molar-refractivity contribution in [3.63, 3.8) is 0 Å². The van der Waals surface area contributed by atoms with Crippen LogP contribution in [0.3, 0.4) is 0 Å². The van der Waals surface area contributed by atoms with E-state index in [-0.39, 0.29) is 27.9 Å². The fourth-order valence-electron chi connectivity index (χ4n) is 4.42. The van der Waals surface area contributed by atoms with Crippen LogP contribution in [-0.2, 0) is 9.59 Å². The molecular weight excluding hydrogens is 312 g/mol. The molecule has 1 N–H and O–H groups in total. The molecule has 0 amide bonds. The number of aliphatic carboxylic acids is 1. The van der Waals surface area contributed by atoms with E-state index in [1.807, 2.05) is 0 Å². The number of hydrogen-bond donors (Lipinski definition) is 1. The second kappa shape index (κ2) is 6.41. The lowest BCUT2D eigenvalue weighted by Crippen LogP contribution is -2.42. The Morgan fingerprint density at radius 3 is 2.16 bits per heavy atom. The van der Waals surface area contributed by atoms with E-state index in [1.165, 1.54) is 0 Å². The highest BCUT2D eigenvalue weighted by molar-refractivity contribution is 6.00. The third-order valence-electron chi connectivity index (χ3n) is 5.94. The molecule has 0 saturated heterocycles. The third kappa shape index (κ3) is 3.91. The number of ketones is 1. The van der Waals surface area contributed by atoms with Gasteiger partial charge in [-0.1, -0.05) is 60.1 Å².